The fraction of sp³-hybridized carbons (Fsp3) is 0.533. The van der Waals surface area contributed by atoms with E-state index in [1.165, 1.54) is 18.5 Å². The number of hydrogen-bond donors (Lipinski definition) is 2. The predicted molar refractivity (Wildman–Crippen MR) is 77.8 cm³/mol. The van der Waals surface area contributed by atoms with Crippen LogP contribution in [0.4, 0.5) is 11.4 Å². The molecule has 1 aliphatic rings. The number of nitrogens with zero attached hydrogens (tertiary/aromatic N) is 1. The van der Waals surface area contributed by atoms with E-state index in [0.717, 1.165) is 18.8 Å². The molecule has 104 valence electrons. The minimum absolute atomic E-state index is 0.171. The third kappa shape index (κ3) is 4.16. The molecule has 1 fully saturated rings. The summed E-state index contributed by atoms with van der Waals surface area (Å²) in [5, 5.41) is 12.1. The molecular weight excluding hydrogens is 240 g/mol. The molecule has 1 atom stereocenters. The Bertz CT molecular complexity index is 428. The van der Waals surface area contributed by atoms with E-state index in [4.69, 9.17) is 5.11 Å². The second kappa shape index (κ2) is 6.45. The van der Waals surface area contributed by atoms with Gasteiger partial charge in [-0.2, -0.15) is 0 Å². The number of carboxylic acid groups (broad SMARTS) is 1. The molecule has 0 saturated carbocycles. The van der Waals surface area contributed by atoms with E-state index in [-0.39, 0.29) is 12.5 Å². The van der Waals surface area contributed by atoms with Crippen LogP contribution < -0.4 is 10.2 Å². The van der Waals surface area contributed by atoms with Crippen LogP contribution in [0.3, 0.4) is 0 Å². The molecule has 1 aliphatic heterocycles. The molecule has 1 heterocycles. The summed E-state index contributed by atoms with van der Waals surface area (Å²) >= 11 is 0. The quantitative estimate of drug-likeness (QED) is 0.827. The topological polar surface area (TPSA) is 52.6 Å². The fourth-order valence-electron chi connectivity index (χ4n) is 2.46. The minimum Gasteiger partial charge on any atom is -0.481 e. The van der Waals surface area contributed by atoms with Crippen LogP contribution in [0.1, 0.15) is 32.6 Å². The summed E-state index contributed by atoms with van der Waals surface area (Å²) in [6.45, 7) is 4.29. The highest BCUT2D eigenvalue weighted by Crippen LogP contribution is 2.23. The molecule has 1 saturated heterocycles. The number of carboxylic acids is 1. The first-order valence-electron chi connectivity index (χ1n) is 6.98. The second-order valence-electron chi connectivity index (χ2n) is 5.22. The number of benzene rings is 1. The Morgan fingerprint density at radius 3 is 2.84 bits per heavy atom. The van der Waals surface area contributed by atoms with Crippen molar-refractivity contribution in [3.8, 4) is 0 Å². The zero-order chi connectivity index (χ0) is 13.7. The van der Waals surface area contributed by atoms with Gasteiger partial charge in [0.25, 0.3) is 0 Å². The van der Waals surface area contributed by atoms with Crippen LogP contribution in [0.25, 0.3) is 0 Å². The summed E-state index contributed by atoms with van der Waals surface area (Å²) in [5.41, 5.74) is 2.33. The summed E-state index contributed by atoms with van der Waals surface area (Å²) in [7, 11) is 0. The SMILES string of the molecule is CC(CCC(=O)O)Nc1cccc(N2CCCC2)c1. The molecule has 0 amide bonds. The molecule has 0 spiro atoms. The van der Waals surface area contributed by atoms with Gasteiger partial charge in [-0.1, -0.05) is 6.07 Å². The zero-order valence-corrected chi connectivity index (χ0v) is 11.4. The van der Waals surface area contributed by atoms with Crippen molar-refractivity contribution >= 4 is 17.3 Å². The summed E-state index contributed by atoms with van der Waals surface area (Å²) in [4.78, 5) is 12.9. The summed E-state index contributed by atoms with van der Waals surface area (Å²) < 4.78 is 0. The Balaban J connectivity index is 1.92. The van der Waals surface area contributed by atoms with Crippen molar-refractivity contribution in [3.05, 3.63) is 24.3 Å². The van der Waals surface area contributed by atoms with E-state index >= 15 is 0 Å². The van der Waals surface area contributed by atoms with Crippen LogP contribution in [0.2, 0.25) is 0 Å². The number of carbonyl (C=O) groups is 1. The van der Waals surface area contributed by atoms with E-state index in [9.17, 15) is 4.79 Å². The molecule has 19 heavy (non-hydrogen) atoms. The molecule has 1 aromatic rings. The zero-order valence-electron chi connectivity index (χ0n) is 11.4. The van der Waals surface area contributed by atoms with Gasteiger partial charge in [-0.25, -0.2) is 0 Å². The van der Waals surface area contributed by atoms with Gasteiger partial charge in [0, 0.05) is 36.9 Å². The first kappa shape index (κ1) is 13.7. The number of nitrogens with one attached hydrogen (secondary N) is 1. The van der Waals surface area contributed by atoms with Crippen molar-refractivity contribution in [2.24, 2.45) is 0 Å². The Hall–Kier alpha value is -1.71. The van der Waals surface area contributed by atoms with E-state index in [1.807, 2.05) is 13.0 Å². The average Bonchev–Trinajstić information content (AvgIpc) is 2.90. The van der Waals surface area contributed by atoms with Gasteiger partial charge in [0.2, 0.25) is 0 Å². The molecule has 4 nitrogen and oxygen atoms in total. The van der Waals surface area contributed by atoms with E-state index in [0.29, 0.717) is 6.42 Å². The van der Waals surface area contributed by atoms with Gasteiger partial charge in [0.15, 0.2) is 0 Å². The molecular formula is C15H22N2O2. The lowest BCUT2D eigenvalue weighted by molar-refractivity contribution is -0.137. The highest BCUT2D eigenvalue weighted by atomic mass is 16.4. The molecule has 0 aliphatic carbocycles. The van der Waals surface area contributed by atoms with E-state index in [2.05, 4.69) is 28.4 Å². The first-order valence-corrected chi connectivity index (χ1v) is 6.98. The Morgan fingerprint density at radius 2 is 2.16 bits per heavy atom. The number of anilines is 2. The lowest BCUT2D eigenvalue weighted by Gasteiger charge is -2.20. The molecule has 0 aromatic heterocycles. The standard InChI is InChI=1S/C15H22N2O2/c1-12(7-8-15(18)19)16-13-5-4-6-14(11-13)17-9-2-3-10-17/h4-6,11-12,16H,2-3,7-10H2,1H3,(H,18,19). The van der Waals surface area contributed by atoms with E-state index in [1.54, 1.807) is 0 Å². The lowest BCUT2D eigenvalue weighted by Crippen LogP contribution is -2.19. The maximum absolute atomic E-state index is 10.5. The van der Waals surface area contributed by atoms with E-state index < -0.39 is 5.97 Å². The van der Waals surface area contributed by atoms with Crippen molar-refractivity contribution in [3.63, 3.8) is 0 Å². The van der Waals surface area contributed by atoms with Crippen LogP contribution in [0.5, 0.6) is 0 Å². The lowest BCUT2D eigenvalue weighted by atomic mass is 10.1. The van der Waals surface area contributed by atoms with Crippen LogP contribution in [-0.2, 0) is 4.79 Å². The molecule has 4 heteroatoms. The van der Waals surface area contributed by atoms with Crippen molar-refractivity contribution in [2.45, 2.75) is 38.6 Å². The highest BCUT2D eigenvalue weighted by Gasteiger charge is 2.12. The summed E-state index contributed by atoms with van der Waals surface area (Å²) in [6.07, 6.45) is 3.39. The van der Waals surface area contributed by atoms with Gasteiger partial charge in [-0.05, 0) is 44.4 Å². The number of rotatable bonds is 6. The largest absolute Gasteiger partial charge is 0.481 e. The smallest absolute Gasteiger partial charge is 0.303 e. The van der Waals surface area contributed by atoms with Crippen molar-refractivity contribution < 1.29 is 9.90 Å². The van der Waals surface area contributed by atoms with Crippen LogP contribution in [-0.4, -0.2) is 30.2 Å². The third-order valence-electron chi connectivity index (χ3n) is 3.52. The van der Waals surface area contributed by atoms with Crippen LogP contribution in [0, 0.1) is 0 Å². The van der Waals surface area contributed by atoms with Gasteiger partial charge < -0.3 is 15.3 Å². The fourth-order valence-corrected chi connectivity index (χ4v) is 2.46. The first-order chi connectivity index (χ1) is 9.15. The van der Waals surface area contributed by atoms with Crippen molar-refractivity contribution in [1.29, 1.82) is 0 Å². The predicted octanol–water partition coefficient (Wildman–Crippen LogP) is 2.95. The molecule has 1 aromatic carbocycles. The highest BCUT2D eigenvalue weighted by molar-refractivity contribution is 5.66. The van der Waals surface area contributed by atoms with Crippen LogP contribution in [0.15, 0.2) is 24.3 Å². The minimum atomic E-state index is -0.737. The molecule has 2 N–H and O–H groups in total. The van der Waals surface area contributed by atoms with Gasteiger partial charge in [0.1, 0.15) is 0 Å². The van der Waals surface area contributed by atoms with Gasteiger partial charge in [0.05, 0.1) is 0 Å². The monoisotopic (exact) mass is 262 g/mol. The van der Waals surface area contributed by atoms with Crippen LogP contribution >= 0.6 is 0 Å². The normalized spacial score (nSPS) is 16.4. The Morgan fingerprint density at radius 1 is 1.42 bits per heavy atom. The molecule has 0 bridgehead atoms. The molecule has 0 radical (unpaired) electrons. The Labute approximate surface area is 114 Å². The molecule has 2 rings (SSSR count). The second-order valence-corrected chi connectivity index (χ2v) is 5.22. The van der Waals surface area contributed by atoms with Gasteiger partial charge >= 0.3 is 5.97 Å². The van der Waals surface area contributed by atoms with Gasteiger partial charge in [-0.15, -0.1) is 0 Å². The average molecular weight is 262 g/mol. The maximum atomic E-state index is 10.5. The van der Waals surface area contributed by atoms with Crippen molar-refractivity contribution in [1.82, 2.24) is 0 Å². The third-order valence-corrected chi connectivity index (χ3v) is 3.52. The number of hydrogen-bond acceptors (Lipinski definition) is 3. The number of aliphatic carboxylic acids is 1. The van der Waals surface area contributed by atoms with Gasteiger partial charge in [-0.3, -0.25) is 4.79 Å². The Kier molecular flexibility index (Phi) is 4.66. The maximum Gasteiger partial charge on any atom is 0.303 e. The molecule has 1 unspecified atom stereocenters. The summed E-state index contributed by atoms with van der Waals surface area (Å²) in [5.74, 6) is -0.737. The summed E-state index contributed by atoms with van der Waals surface area (Å²) in [6, 6.07) is 8.56. The van der Waals surface area contributed by atoms with Crippen molar-refractivity contribution in [2.75, 3.05) is 23.3 Å².